The second-order valence-electron chi connectivity index (χ2n) is 5.01. The molecule has 0 saturated carbocycles. The van der Waals surface area contributed by atoms with Gasteiger partial charge in [0, 0.05) is 17.8 Å². The molecule has 0 aromatic heterocycles. The highest BCUT2D eigenvalue weighted by Crippen LogP contribution is 2.15. The Balaban J connectivity index is 1.93. The van der Waals surface area contributed by atoms with E-state index in [1.54, 1.807) is 11.1 Å². The van der Waals surface area contributed by atoms with Gasteiger partial charge in [-0.25, -0.2) is 4.39 Å². The summed E-state index contributed by atoms with van der Waals surface area (Å²) < 4.78 is 18.9. The van der Waals surface area contributed by atoms with E-state index in [0.717, 1.165) is 13.0 Å². The molecule has 1 aromatic carbocycles. The zero-order chi connectivity index (χ0) is 16.7. The number of carbonyl (C=O) groups is 1. The van der Waals surface area contributed by atoms with Crippen molar-refractivity contribution in [2.45, 2.75) is 12.5 Å². The van der Waals surface area contributed by atoms with E-state index in [1.807, 2.05) is 0 Å². The largest absolute Gasteiger partial charge is 0.461 e. The van der Waals surface area contributed by atoms with Crippen molar-refractivity contribution in [1.29, 1.82) is 0 Å². The maximum absolute atomic E-state index is 13.8. The first-order chi connectivity index (χ1) is 11.1. The van der Waals surface area contributed by atoms with Crippen molar-refractivity contribution in [2.24, 2.45) is 16.1 Å². The van der Waals surface area contributed by atoms with Gasteiger partial charge in [0.1, 0.15) is 16.9 Å². The maximum Gasteiger partial charge on any atom is 0.293 e. The summed E-state index contributed by atoms with van der Waals surface area (Å²) in [5.41, 5.74) is 6.16. The van der Waals surface area contributed by atoms with Gasteiger partial charge in [-0.05, 0) is 24.6 Å². The number of nitrogens with one attached hydrogen (secondary N) is 1. The Bertz CT molecular complexity index is 599. The van der Waals surface area contributed by atoms with Crippen LogP contribution in [0.25, 0.3) is 0 Å². The highest BCUT2D eigenvalue weighted by Gasteiger charge is 2.16. The van der Waals surface area contributed by atoms with E-state index < -0.39 is 11.9 Å². The molecule has 1 atom stereocenters. The average Bonchev–Trinajstić information content (AvgIpc) is 2.53. The number of hydrogen-bond acceptors (Lipinski definition) is 7. The highest BCUT2D eigenvalue weighted by molar-refractivity contribution is 7.80. The Hall–Kier alpha value is -2.29. The molecule has 0 saturated heterocycles. The van der Waals surface area contributed by atoms with Gasteiger partial charge in [-0.2, -0.15) is 5.11 Å². The van der Waals surface area contributed by atoms with Crippen molar-refractivity contribution in [3.05, 3.63) is 29.6 Å². The van der Waals surface area contributed by atoms with Crippen LogP contribution < -0.4 is 11.1 Å². The molecule has 3 N–H and O–H groups in total. The molecule has 0 aliphatic carbocycles. The summed E-state index contributed by atoms with van der Waals surface area (Å²) in [7, 11) is 0. The molecule has 1 aliphatic rings. The molecule has 0 fully saturated rings. The van der Waals surface area contributed by atoms with Crippen LogP contribution in [-0.2, 0) is 9.53 Å². The number of nitrogens with two attached hydrogens (primary N) is 1. The molecular weight excluding hydrogens is 321 g/mol. The molecule has 0 bridgehead atoms. The molecule has 124 valence electrons. The fraction of sp³-hybridized carbons (Fsp3) is 0.429. The fourth-order valence-corrected chi connectivity index (χ4v) is 2.32. The Morgan fingerprint density at radius 2 is 2.43 bits per heavy atom. The molecule has 23 heavy (non-hydrogen) atoms. The van der Waals surface area contributed by atoms with Crippen LogP contribution in [0.3, 0.4) is 0 Å². The van der Waals surface area contributed by atoms with Crippen molar-refractivity contribution in [1.82, 2.24) is 5.01 Å². The van der Waals surface area contributed by atoms with Crippen molar-refractivity contribution < 1.29 is 13.9 Å². The summed E-state index contributed by atoms with van der Waals surface area (Å²) in [4.78, 5) is 10.6. The lowest BCUT2D eigenvalue weighted by atomic mass is 10.2. The summed E-state index contributed by atoms with van der Waals surface area (Å²) in [6.45, 7) is 2.60. The second-order valence-corrected chi connectivity index (χ2v) is 5.45. The van der Waals surface area contributed by atoms with Crippen LogP contribution in [0.4, 0.5) is 10.1 Å². The topological polar surface area (TPSA) is 92.3 Å². The molecule has 1 aliphatic heterocycles. The third-order valence-electron chi connectivity index (χ3n) is 3.29. The normalized spacial score (nSPS) is 15.1. The molecule has 1 aromatic rings. The Morgan fingerprint density at radius 1 is 1.61 bits per heavy atom. The van der Waals surface area contributed by atoms with Gasteiger partial charge in [0.2, 0.25) is 0 Å². The average molecular weight is 339 g/mol. The number of thiocarbonyl (C=S) groups is 1. The molecule has 1 heterocycles. The molecule has 0 radical (unpaired) electrons. The molecule has 0 spiro atoms. The van der Waals surface area contributed by atoms with Crippen LogP contribution in [0.1, 0.15) is 12.0 Å². The van der Waals surface area contributed by atoms with Crippen LogP contribution in [0.5, 0.6) is 0 Å². The zero-order valence-corrected chi connectivity index (χ0v) is 13.3. The van der Waals surface area contributed by atoms with Gasteiger partial charge < -0.3 is 15.8 Å². The first-order valence-corrected chi connectivity index (χ1v) is 7.55. The highest BCUT2D eigenvalue weighted by atomic mass is 32.1. The summed E-state index contributed by atoms with van der Waals surface area (Å²) in [6, 6.07) is 4.47. The van der Waals surface area contributed by atoms with Gasteiger partial charge in [0.25, 0.3) is 6.47 Å². The second kappa shape index (κ2) is 8.37. The molecular formula is C14H18FN5O2S. The lowest BCUT2D eigenvalue weighted by molar-refractivity contribution is -0.133. The van der Waals surface area contributed by atoms with Gasteiger partial charge >= 0.3 is 0 Å². The number of hydrogen-bond donors (Lipinski definition) is 2. The van der Waals surface area contributed by atoms with Crippen LogP contribution in [-0.4, -0.2) is 48.8 Å². The van der Waals surface area contributed by atoms with Crippen molar-refractivity contribution in [3.8, 4) is 0 Å². The number of halogens is 1. The minimum Gasteiger partial charge on any atom is -0.461 e. The summed E-state index contributed by atoms with van der Waals surface area (Å²) in [5, 5.41) is 12.7. The van der Waals surface area contributed by atoms with Gasteiger partial charge in [-0.3, -0.25) is 9.80 Å². The third kappa shape index (κ3) is 5.13. The third-order valence-corrected chi connectivity index (χ3v) is 3.51. The van der Waals surface area contributed by atoms with Crippen molar-refractivity contribution in [2.75, 3.05) is 31.5 Å². The number of ether oxygens (including phenoxy) is 1. The number of nitrogens with zero attached hydrogens (tertiary/aromatic N) is 3. The maximum atomic E-state index is 13.8. The van der Waals surface area contributed by atoms with E-state index in [9.17, 15) is 9.18 Å². The number of benzene rings is 1. The first kappa shape index (κ1) is 17.1. The summed E-state index contributed by atoms with van der Waals surface area (Å²) in [5.74, 6) is -0.500. The van der Waals surface area contributed by atoms with E-state index >= 15 is 0 Å². The Morgan fingerprint density at radius 3 is 3.04 bits per heavy atom. The molecule has 9 heteroatoms. The summed E-state index contributed by atoms with van der Waals surface area (Å²) >= 11 is 4.76. The quantitative estimate of drug-likeness (QED) is 0.551. The lowest BCUT2D eigenvalue weighted by Crippen LogP contribution is -2.36. The minimum atomic E-state index is -0.500. The molecule has 1 unspecified atom stereocenters. The van der Waals surface area contributed by atoms with E-state index in [2.05, 4.69) is 15.7 Å². The number of rotatable bonds is 8. The predicted octanol–water partition coefficient (Wildman–Crippen LogP) is 1.49. The van der Waals surface area contributed by atoms with Crippen molar-refractivity contribution in [3.63, 3.8) is 0 Å². The SMILES string of the molecule is NC(=S)c1ccc(NCC(CN2CCCN=N2)OC=O)cc1F. The predicted molar refractivity (Wildman–Crippen MR) is 87.6 cm³/mol. The van der Waals surface area contributed by atoms with Crippen molar-refractivity contribution >= 4 is 29.4 Å². The fourth-order valence-electron chi connectivity index (χ4n) is 2.16. The van der Waals surface area contributed by atoms with Crippen LogP contribution in [0.2, 0.25) is 0 Å². The number of carbonyl (C=O) groups excluding carboxylic acids is 1. The summed E-state index contributed by atoms with van der Waals surface area (Å²) in [6.07, 6.45) is 0.485. The van der Waals surface area contributed by atoms with Gasteiger partial charge in [-0.1, -0.05) is 17.4 Å². The lowest BCUT2D eigenvalue weighted by Gasteiger charge is -2.25. The van der Waals surface area contributed by atoms with E-state index in [0.29, 0.717) is 31.8 Å². The van der Waals surface area contributed by atoms with Gasteiger partial charge in [-0.15, -0.1) is 0 Å². The smallest absolute Gasteiger partial charge is 0.293 e. The van der Waals surface area contributed by atoms with Gasteiger partial charge in [0.15, 0.2) is 0 Å². The van der Waals surface area contributed by atoms with Crippen LogP contribution >= 0.6 is 12.2 Å². The van der Waals surface area contributed by atoms with Gasteiger partial charge in [0.05, 0.1) is 19.6 Å². The zero-order valence-electron chi connectivity index (χ0n) is 12.4. The monoisotopic (exact) mass is 339 g/mol. The standard InChI is InChI=1S/C14H18FN5O2S/c15-13-6-10(2-3-12(13)14(16)23)17-7-11(22-9-21)8-20-5-1-4-18-19-20/h2-3,6,9,11,17H,1,4-5,7-8H2,(H2,16,23). The van der Waals surface area contributed by atoms with E-state index in [1.165, 1.54) is 12.1 Å². The Kier molecular flexibility index (Phi) is 6.21. The number of anilines is 1. The first-order valence-electron chi connectivity index (χ1n) is 7.15. The molecule has 7 nitrogen and oxygen atoms in total. The van der Waals surface area contributed by atoms with E-state index in [4.69, 9.17) is 22.7 Å². The molecule has 2 rings (SSSR count). The minimum absolute atomic E-state index is 0.00618. The van der Waals surface area contributed by atoms with Crippen LogP contribution in [0, 0.1) is 5.82 Å². The van der Waals surface area contributed by atoms with E-state index in [-0.39, 0.29) is 10.6 Å². The Labute approximate surface area is 138 Å². The van der Waals surface area contributed by atoms with Crippen LogP contribution in [0.15, 0.2) is 28.5 Å². The molecule has 0 amide bonds.